The fourth-order valence-corrected chi connectivity index (χ4v) is 2.85. The fourth-order valence-electron chi connectivity index (χ4n) is 2.85. The number of aromatic nitrogens is 1. The van der Waals surface area contributed by atoms with Gasteiger partial charge in [-0.05, 0) is 34.4 Å². The van der Waals surface area contributed by atoms with Gasteiger partial charge >= 0.3 is 0 Å². The van der Waals surface area contributed by atoms with Crippen LogP contribution in [0.1, 0.15) is 84.7 Å². The Morgan fingerprint density at radius 3 is 1.53 bits per heavy atom. The highest BCUT2D eigenvalue weighted by molar-refractivity contribution is 5.45. The molecule has 0 radical (unpaired) electrons. The molecule has 19 heavy (non-hydrogen) atoms. The van der Waals surface area contributed by atoms with Gasteiger partial charge in [0.05, 0.1) is 0 Å². The molecule has 0 aliphatic carbocycles. The predicted molar refractivity (Wildman–Crippen MR) is 85.1 cm³/mol. The van der Waals surface area contributed by atoms with E-state index in [1.165, 1.54) is 22.4 Å². The van der Waals surface area contributed by atoms with Crippen LogP contribution in [0, 0.1) is 6.92 Å². The molecule has 0 unspecified atom stereocenters. The summed E-state index contributed by atoms with van der Waals surface area (Å²) in [6.45, 7) is 22.7. The average Bonchev–Trinajstić information content (AvgIpc) is 2.11. The molecule has 0 bridgehead atoms. The summed E-state index contributed by atoms with van der Waals surface area (Å²) in [4.78, 5) is 4.84. The van der Waals surface area contributed by atoms with Crippen LogP contribution in [0.15, 0.2) is 6.20 Å². The normalized spacial score (nSPS) is 13.8. The van der Waals surface area contributed by atoms with Gasteiger partial charge in [-0.15, -0.1) is 0 Å². The molecular formula is C18H31N. The lowest BCUT2D eigenvalue weighted by molar-refractivity contribution is 0.501. The van der Waals surface area contributed by atoms with Crippen molar-refractivity contribution in [2.24, 2.45) is 0 Å². The van der Waals surface area contributed by atoms with Crippen LogP contribution in [0.5, 0.6) is 0 Å². The maximum absolute atomic E-state index is 4.84. The van der Waals surface area contributed by atoms with Crippen molar-refractivity contribution in [3.63, 3.8) is 0 Å². The topological polar surface area (TPSA) is 12.9 Å². The Hall–Kier alpha value is -0.850. The van der Waals surface area contributed by atoms with Gasteiger partial charge in [0.25, 0.3) is 0 Å². The van der Waals surface area contributed by atoms with Crippen LogP contribution in [0.25, 0.3) is 0 Å². The van der Waals surface area contributed by atoms with E-state index in [-0.39, 0.29) is 16.2 Å². The standard InChI is InChI=1S/C18H31N/c1-12-13(16(2,3)4)11-19-15(18(8,9)10)14(12)17(5,6)7/h11H,1-10H3. The van der Waals surface area contributed by atoms with Crippen molar-refractivity contribution in [3.8, 4) is 0 Å². The van der Waals surface area contributed by atoms with E-state index >= 15 is 0 Å². The van der Waals surface area contributed by atoms with Crippen molar-refractivity contribution in [3.05, 3.63) is 28.6 Å². The average molecular weight is 261 g/mol. The van der Waals surface area contributed by atoms with Crippen molar-refractivity contribution in [2.45, 2.75) is 85.5 Å². The molecule has 0 N–H and O–H groups in total. The Kier molecular flexibility index (Phi) is 3.93. The number of hydrogen-bond acceptors (Lipinski definition) is 1. The third-order valence-electron chi connectivity index (χ3n) is 3.61. The van der Waals surface area contributed by atoms with Crippen LogP contribution in [-0.2, 0) is 16.2 Å². The Morgan fingerprint density at radius 1 is 0.737 bits per heavy atom. The number of nitrogens with zero attached hydrogens (tertiary/aromatic N) is 1. The summed E-state index contributed by atoms with van der Waals surface area (Å²) in [6.07, 6.45) is 2.09. The zero-order chi connectivity index (χ0) is 15.2. The van der Waals surface area contributed by atoms with Gasteiger partial charge in [0.1, 0.15) is 0 Å². The van der Waals surface area contributed by atoms with E-state index in [0.717, 1.165) is 0 Å². The Balaban J connectivity index is 3.71. The molecule has 108 valence electrons. The third kappa shape index (κ3) is 3.38. The van der Waals surface area contributed by atoms with Crippen LogP contribution >= 0.6 is 0 Å². The molecule has 0 amide bonds. The minimum Gasteiger partial charge on any atom is -0.260 e. The van der Waals surface area contributed by atoms with E-state index in [1.807, 2.05) is 0 Å². The fraction of sp³-hybridized carbons (Fsp3) is 0.722. The van der Waals surface area contributed by atoms with E-state index in [1.54, 1.807) is 0 Å². The monoisotopic (exact) mass is 261 g/mol. The Labute approximate surface area is 119 Å². The van der Waals surface area contributed by atoms with E-state index in [9.17, 15) is 0 Å². The third-order valence-corrected chi connectivity index (χ3v) is 3.61. The first-order valence-electron chi connectivity index (χ1n) is 7.27. The van der Waals surface area contributed by atoms with Crippen molar-refractivity contribution < 1.29 is 0 Å². The molecule has 0 aliphatic heterocycles. The molecule has 0 spiro atoms. The first-order valence-corrected chi connectivity index (χ1v) is 7.27. The van der Waals surface area contributed by atoms with Crippen molar-refractivity contribution in [2.75, 3.05) is 0 Å². The molecule has 1 heterocycles. The summed E-state index contributed by atoms with van der Waals surface area (Å²) >= 11 is 0. The lowest BCUT2D eigenvalue weighted by Gasteiger charge is -2.34. The van der Waals surface area contributed by atoms with Gasteiger partial charge in [-0.2, -0.15) is 0 Å². The van der Waals surface area contributed by atoms with Gasteiger partial charge < -0.3 is 0 Å². The second-order valence-electron chi connectivity index (χ2n) is 8.77. The van der Waals surface area contributed by atoms with Crippen LogP contribution in [-0.4, -0.2) is 4.98 Å². The van der Waals surface area contributed by atoms with Crippen molar-refractivity contribution >= 4 is 0 Å². The molecule has 0 aromatic carbocycles. The number of hydrogen-bond donors (Lipinski definition) is 0. The zero-order valence-corrected chi connectivity index (χ0v) is 14.5. The lowest BCUT2D eigenvalue weighted by Crippen LogP contribution is -2.27. The second-order valence-corrected chi connectivity index (χ2v) is 8.77. The lowest BCUT2D eigenvalue weighted by atomic mass is 9.73. The molecule has 0 saturated heterocycles. The highest BCUT2D eigenvalue weighted by Gasteiger charge is 2.31. The van der Waals surface area contributed by atoms with E-state index in [2.05, 4.69) is 75.4 Å². The molecule has 0 saturated carbocycles. The van der Waals surface area contributed by atoms with E-state index in [0.29, 0.717) is 0 Å². The summed E-state index contributed by atoms with van der Waals surface area (Å²) < 4.78 is 0. The van der Waals surface area contributed by atoms with Gasteiger partial charge in [-0.3, -0.25) is 4.98 Å². The minimum absolute atomic E-state index is 0.0871. The smallest absolute Gasteiger partial charge is 0.0497 e. The quantitative estimate of drug-likeness (QED) is 0.619. The van der Waals surface area contributed by atoms with E-state index < -0.39 is 0 Å². The minimum atomic E-state index is 0.0871. The van der Waals surface area contributed by atoms with Gasteiger partial charge in [-0.1, -0.05) is 62.3 Å². The Morgan fingerprint density at radius 2 is 1.21 bits per heavy atom. The van der Waals surface area contributed by atoms with Gasteiger partial charge in [0, 0.05) is 17.3 Å². The molecule has 1 heteroatoms. The highest BCUT2D eigenvalue weighted by atomic mass is 14.7. The summed E-state index contributed by atoms with van der Waals surface area (Å²) in [5.74, 6) is 0. The maximum Gasteiger partial charge on any atom is 0.0497 e. The molecule has 0 fully saturated rings. The zero-order valence-electron chi connectivity index (χ0n) is 14.5. The summed E-state index contributed by atoms with van der Waals surface area (Å²) in [5.41, 5.74) is 5.81. The first kappa shape index (κ1) is 16.2. The molecule has 0 atom stereocenters. The van der Waals surface area contributed by atoms with E-state index in [4.69, 9.17) is 4.98 Å². The molecule has 1 nitrogen and oxygen atoms in total. The van der Waals surface area contributed by atoms with Crippen LogP contribution in [0.2, 0.25) is 0 Å². The van der Waals surface area contributed by atoms with Crippen molar-refractivity contribution in [1.82, 2.24) is 4.98 Å². The van der Waals surface area contributed by atoms with Crippen LogP contribution in [0.3, 0.4) is 0 Å². The Bertz CT molecular complexity index is 462. The molecule has 1 aromatic rings. The summed E-state index contributed by atoms with van der Waals surface area (Å²) in [7, 11) is 0. The first-order chi connectivity index (χ1) is 8.26. The second kappa shape index (κ2) is 4.61. The molecular weight excluding hydrogens is 230 g/mol. The van der Waals surface area contributed by atoms with Gasteiger partial charge in [0.2, 0.25) is 0 Å². The SMILES string of the molecule is Cc1c(C(C)(C)C)cnc(C(C)(C)C)c1C(C)(C)C. The molecule has 1 aromatic heterocycles. The number of pyridine rings is 1. The largest absolute Gasteiger partial charge is 0.260 e. The van der Waals surface area contributed by atoms with Crippen LogP contribution in [0.4, 0.5) is 0 Å². The molecule has 0 aliphatic rings. The molecule has 1 rings (SSSR count). The highest BCUT2D eigenvalue weighted by Crippen LogP contribution is 2.38. The maximum atomic E-state index is 4.84. The van der Waals surface area contributed by atoms with Crippen molar-refractivity contribution in [1.29, 1.82) is 0 Å². The van der Waals surface area contributed by atoms with Crippen LogP contribution < -0.4 is 0 Å². The van der Waals surface area contributed by atoms with Gasteiger partial charge in [0.15, 0.2) is 0 Å². The number of rotatable bonds is 0. The van der Waals surface area contributed by atoms with Gasteiger partial charge in [-0.25, -0.2) is 0 Å². The predicted octanol–water partition coefficient (Wildman–Crippen LogP) is 5.28. The summed E-state index contributed by atoms with van der Waals surface area (Å²) in [5, 5.41) is 0. The summed E-state index contributed by atoms with van der Waals surface area (Å²) in [6, 6.07) is 0.